The first-order valence-corrected chi connectivity index (χ1v) is 8.04. The first-order chi connectivity index (χ1) is 11.6. The summed E-state index contributed by atoms with van der Waals surface area (Å²) in [5.41, 5.74) is 1.13. The highest BCUT2D eigenvalue weighted by Gasteiger charge is 2.13. The number of aromatic nitrogens is 4. The van der Waals surface area contributed by atoms with Gasteiger partial charge in [0.05, 0.1) is 19.2 Å². The fourth-order valence-corrected chi connectivity index (χ4v) is 2.89. The van der Waals surface area contributed by atoms with Gasteiger partial charge in [-0.25, -0.2) is 9.97 Å². The molecular formula is C15H15N5O3S. The molecule has 0 aliphatic heterocycles. The Hall–Kier alpha value is -2.81. The Morgan fingerprint density at radius 3 is 2.79 bits per heavy atom. The number of ether oxygens (including phenoxy) is 1. The molecule has 8 nitrogen and oxygen atoms in total. The molecule has 1 aromatic carbocycles. The molecule has 0 fully saturated rings. The minimum Gasteiger partial charge on any atom is -0.497 e. The molecule has 2 N–H and O–H groups in total. The Labute approximate surface area is 141 Å². The molecule has 0 saturated heterocycles. The molecule has 0 spiro atoms. The van der Waals surface area contributed by atoms with Gasteiger partial charge in [0.2, 0.25) is 5.91 Å². The molecule has 0 bridgehead atoms. The largest absolute Gasteiger partial charge is 0.497 e. The third-order valence-electron chi connectivity index (χ3n) is 3.33. The van der Waals surface area contributed by atoms with E-state index in [1.807, 2.05) is 0 Å². The van der Waals surface area contributed by atoms with Crippen molar-refractivity contribution >= 4 is 34.5 Å². The van der Waals surface area contributed by atoms with E-state index in [0.29, 0.717) is 16.5 Å². The third kappa shape index (κ3) is 3.25. The van der Waals surface area contributed by atoms with Gasteiger partial charge in [-0.15, -0.1) is 0 Å². The molecule has 0 atom stereocenters. The van der Waals surface area contributed by atoms with Gasteiger partial charge in [-0.2, -0.15) is 0 Å². The molecule has 1 amide bonds. The maximum Gasteiger partial charge on any atom is 0.278 e. The third-order valence-corrected chi connectivity index (χ3v) is 4.36. The zero-order valence-corrected chi connectivity index (χ0v) is 13.9. The number of nitrogens with zero attached hydrogens (tertiary/aromatic N) is 3. The number of carbonyl (C=O) groups is 1. The lowest BCUT2D eigenvalue weighted by molar-refractivity contribution is -0.113. The van der Waals surface area contributed by atoms with Gasteiger partial charge in [-0.1, -0.05) is 11.8 Å². The van der Waals surface area contributed by atoms with Gasteiger partial charge < -0.3 is 19.6 Å². The maximum atomic E-state index is 12.0. The van der Waals surface area contributed by atoms with Gasteiger partial charge in [0.15, 0.2) is 16.3 Å². The number of aromatic amines is 1. The SMILES string of the molecule is COc1ccc(NC(=O)CSc2nc3c(=O)[nH]cnc3n2C)cc1. The second kappa shape index (κ2) is 6.75. The van der Waals surface area contributed by atoms with Crippen molar-refractivity contribution in [3.8, 4) is 5.75 Å². The Balaban J connectivity index is 1.66. The van der Waals surface area contributed by atoms with Crippen LogP contribution in [0.4, 0.5) is 5.69 Å². The maximum absolute atomic E-state index is 12.0. The van der Waals surface area contributed by atoms with Crippen LogP contribution in [0.25, 0.3) is 11.2 Å². The van der Waals surface area contributed by atoms with Crippen LogP contribution >= 0.6 is 11.8 Å². The number of H-pyrrole nitrogens is 1. The van der Waals surface area contributed by atoms with Crippen molar-refractivity contribution in [3.63, 3.8) is 0 Å². The second-order valence-electron chi connectivity index (χ2n) is 4.92. The summed E-state index contributed by atoms with van der Waals surface area (Å²) in [5, 5.41) is 3.35. The van der Waals surface area contributed by atoms with E-state index in [2.05, 4.69) is 20.3 Å². The van der Waals surface area contributed by atoms with Gasteiger partial charge >= 0.3 is 0 Å². The topological polar surface area (TPSA) is 102 Å². The van der Waals surface area contributed by atoms with E-state index in [1.165, 1.54) is 18.1 Å². The minimum absolute atomic E-state index is 0.168. The predicted octanol–water partition coefficient (Wildman–Crippen LogP) is 1.40. The lowest BCUT2D eigenvalue weighted by atomic mass is 10.3. The molecule has 3 aromatic rings. The molecule has 0 aliphatic carbocycles. The molecular weight excluding hydrogens is 330 g/mol. The molecule has 2 heterocycles. The van der Waals surface area contributed by atoms with Gasteiger partial charge in [-0.05, 0) is 24.3 Å². The van der Waals surface area contributed by atoms with Crippen LogP contribution in [-0.2, 0) is 11.8 Å². The van der Waals surface area contributed by atoms with Crippen molar-refractivity contribution in [1.29, 1.82) is 0 Å². The number of carbonyl (C=O) groups excluding carboxylic acids is 1. The normalized spacial score (nSPS) is 10.8. The molecule has 124 valence electrons. The van der Waals surface area contributed by atoms with E-state index in [1.54, 1.807) is 43.0 Å². The lowest BCUT2D eigenvalue weighted by Gasteiger charge is -2.06. The molecule has 24 heavy (non-hydrogen) atoms. The van der Waals surface area contributed by atoms with Crippen LogP contribution in [0.3, 0.4) is 0 Å². The first-order valence-electron chi connectivity index (χ1n) is 7.05. The Bertz CT molecular complexity index is 932. The number of methoxy groups -OCH3 is 1. The molecule has 0 aliphatic rings. The number of aryl methyl sites for hydroxylation is 1. The highest BCUT2D eigenvalue weighted by atomic mass is 32.2. The molecule has 0 unspecified atom stereocenters. The number of rotatable bonds is 5. The molecule has 0 saturated carbocycles. The summed E-state index contributed by atoms with van der Waals surface area (Å²) in [6, 6.07) is 7.07. The van der Waals surface area contributed by atoms with Crippen molar-refractivity contribution in [2.24, 2.45) is 7.05 Å². The van der Waals surface area contributed by atoms with E-state index in [4.69, 9.17) is 4.74 Å². The summed E-state index contributed by atoms with van der Waals surface area (Å²) in [6.07, 6.45) is 1.33. The van der Waals surface area contributed by atoms with Gasteiger partial charge in [0.25, 0.3) is 5.56 Å². The number of imidazole rings is 1. The monoisotopic (exact) mass is 345 g/mol. The summed E-state index contributed by atoms with van der Waals surface area (Å²) >= 11 is 1.24. The van der Waals surface area contributed by atoms with Gasteiger partial charge in [-0.3, -0.25) is 9.59 Å². The predicted molar refractivity (Wildman–Crippen MR) is 91.5 cm³/mol. The molecule has 2 aromatic heterocycles. The zero-order valence-electron chi connectivity index (χ0n) is 13.1. The first kappa shape index (κ1) is 16.1. The number of hydrogen-bond acceptors (Lipinski definition) is 6. The van der Waals surface area contributed by atoms with E-state index in [-0.39, 0.29) is 22.7 Å². The minimum atomic E-state index is -0.301. The summed E-state index contributed by atoms with van der Waals surface area (Å²) in [6.45, 7) is 0. The number of hydrogen-bond donors (Lipinski definition) is 2. The van der Waals surface area contributed by atoms with Crippen LogP contribution in [0.2, 0.25) is 0 Å². The van der Waals surface area contributed by atoms with Crippen LogP contribution in [0.5, 0.6) is 5.75 Å². The van der Waals surface area contributed by atoms with Crippen LogP contribution < -0.4 is 15.6 Å². The van der Waals surface area contributed by atoms with Crippen LogP contribution in [-0.4, -0.2) is 38.3 Å². The highest BCUT2D eigenvalue weighted by Crippen LogP contribution is 2.20. The summed E-state index contributed by atoms with van der Waals surface area (Å²) in [4.78, 5) is 34.6. The Morgan fingerprint density at radius 1 is 1.38 bits per heavy atom. The fourth-order valence-electron chi connectivity index (χ4n) is 2.12. The summed E-state index contributed by atoms with van der Waals surface area (Å²) in [5.74, 6) is 0.722. The van der Waals surface area contributed by atoms with Crippen LogP contribution in [0, 0.1) is 0 Å². The molecule has 0 radical (unpaired) electrons. The number of amides is 1. The highest BCUT2D eigenvalue weighted by molar-refractivity contribution is 7.99. The zero-order chi connectivity index (χ0) is 17.1. The second-order valence-corrected chi connectivity index (χ2v) is 5.87. The number of fused-ring (bicyclic) bond motifs is 1. The number of nitrogens with one attached hydrogen (secondary N) is 2. The van der Waals surface area contributed by atoms with E-state index < -0.39 is 0 Å². The number of thioether (sulfide) groups is 1. The molecule has 3 rings (SSSR count). The summed E-state index contributed by atoms with van der Waals surface area (Å²) < 4.78 is 6.76. The lowest BCUT2D eigenvalue weighted by Crippen LogP contribution is -2.14. The quantitative estimate of drug-likeness (QED) is 0.678. The van der Waals surface area contributed by atoms with Crippen LogP contribution in [0.15, 0.2) is 40.5 Å². The van der Waals surface area contributed by atoms with E-state index in [0.717, 1.165) is 5.75 Å². The number of anilines is 1. The number of benzene rings is 1. The van der Waals surface area contributed by atoms with Crippen molar-refractivity contribution in [1.82, 2.24) is 19.5 Å². The van der Waals surface area contributed by atoms with Crippen molar-refractivity contribution < 1.29 is 9.53 Å². The van der Waals surface area contributed by atoms with Gasteiger partial charge in [0.1, 0.15) is 5.75 Å². The molecule has 9 heteroatoms. The van der Waals surface area contributed by atoms with Crippen LogP contribution in [0.1, 0.15) is 0 Å². The average molecular weight is 345 g/mol. The standard InChI is InChI=1S/C15H15N5O3S/c1-20-13-12(14(22)17-8-16-13)19-15(20)24-7-11(21)18-9-3-5-10(23-2)6-4-9/h3-6,8H,7H2,1-2H3,(H,18,21)(H,16,17,22). The average Bonchev–Trinajstić information content (AvgIpc) is 2.92. The van der Waals surface area contributed by atoms with E-state index >= 15 is 0 Å². The Kier molecular flexibility index (Phi) is 4.52. The van der Waals surface area contributed by atoms with Gasteiger partial charge in [0, 0.05) is 12.7 Å². The Morgan fingerprint density at radius 2 is 2.12 bits per heavy atom. The summed E-state index contributed by atoms with van der Waals surface area (Å²) in [7, 11) is 3.34. The van der Waals surface area contributed by atoms with Crippen molar-refractivity contribution in [3.05, 3.63) is 40.9 Å². The van der Waals surface area contributed by atoms with E-state index in [9.17, 15) is 9.59 Å². The smallest absolute Gasteiger partial charge is 0.278 e. The van der Waals surface area contributed by atoms with Crippen molar-refractivity contribution in [2.75, 3.05) is 18.2 Å². The fraction of sp³-hybridized carbons (Fsp3) is 0.200. The van der Waals surface area contributed by atoms with Crippen molar-refractivity contribution in [2.45, 2.75) is 5.16 Å².